The monoisotopic (exact) mass is 326 g/mol. The second-order valence-electron chi connectivity index (χ2n) is 0.408. The molecule has 0 amide bonds. The minimum Gasteiger partial charge on any atom is -1.00 e. The van der Waals surface area contributed by atoms with Crippen LogP contribution in [0.2, 0.25) is 0 Å². The molecule has 0 rings (SSSR count). The molecule has 0 aliphatic carbocycles. The van der Waals surface area contributed by atoms with E-state index in [9.17, 15) is 0 Å². The molecule has 0 fully saturated rings. The van der Waals surface area contributed by atoms with Crippen molar-refractivity contribution in [3.8, 4) is 0 Å². The Morgan fingerprint density at radius 1 is 1.12 bits per heavy atom. The average Bonchev–Trinajstić information content (AvgIpc) is 0.722. The van der Waals surface area contributed by atoms with E-state index in [0.717, 1.165) is 0 Å². The van der Waals surface area contributed by atoms with Crippen LogP contribution >= 0.6 is 0 Å². The minimum atomic E-state index is -5.17. The normalized spacial score (nSPS) is 7.25. The van der Waals surface area contributed by atoms with Gasteiger partial charge in [0.25, 0.3) is 0 Å². The Labute approximate surface area is 120 Å². The Morgan fingerprint density at radius 2 is 1.12 bits per heavy atom. The Bertz CT molecular complexity index is 99.2. The third-order valence-corrected chi connectivity index (χ3v) is 0. The van der Waals surface area contributed by atoms with Gasteiger partial charge in [-0.25, -0.2) is 0 Å². The molecule has 0 saturated heterocycles. The molecule has 0 aromatic rings. The van der Waals surface area contributed by atoms with E-state index in [0.29, 0.717) is 0 Å². The summed E-state index contributed by atoms with van der Waals surface area (Å²) in [6, 6.07) is 0. The fourth-order valence-electron chi connectivity index (χ4n) is 0. The maximum absolute atomic E-state index is 8.52. The van der Waals surface area contributed by atoms with Crippen molar-refractivity contribution in [2.45, 2.75) is 0 Å². The van der Waals surface area contributed by atoms with Crippen molar-refractivity contribution >= 4 is 10.4 Å². The summed E-state index contributed by atoms with van der Waals surface area (Å²) in [7, 11) is -5.17. The van der Waals surface area contributed by atoms with Crippen molar-refractivity contribution in [1.82, 2.24) is 0 Å². The zero-order chi connectivity index (χ0) is 4.50. The summed E-state index contributed by atoms with van der Waals surface area (Å²) < 4.78 is 34.1. The van der Waals surface area contributed by atoms with Gasteiger partial charge in [-0.05, 0) is 0 Å². The van der Waals surface area contributed by atoms with Crippen LogP contribution in [-0.2, 0) is 29.9 Å². The van der Waals surface area contributed by atoms with E-state index >= 15 is 0 Å². The first kappa shape index (κ1) is 22.4. The summed E-state index contributed by atoms with van der Waals surface area (Å²) in [4.78, 5) is 0. The largest absolute Gasteiger partial charge is 2.00 e. The fourth-order valence-corrected chi connectivity index (χ4v) is 0. The minimum absolute atomic E-state index is 0. The molecular weight excluding hydrogens is 327 g/mol. The van der Waals surface area contributed by atoms with Crippen molar-refractivity contribution in [3.63, 3.8) is 0 Å². The third kappa shape index (κ3) is 66.9. The molecule has 0 N–H and O–H groups in total. The zero-order valence-electron chi connectivity index (χ0n) is 4.13. The average molecular weight is 327 g/mol. The molecule has 8 heteroatoms. The van der Waals surface area contributed by atoms with Crippen LogP contribution in [-0.4, -0.2) is 17.5 Å². The molecule has 8 heavy (non-hydrogen) atoms. The van der Waals surface area contributed by atoms with Crippen molar-refractivity contribution < 1.29 is 112 Å². The molecule has 4 nitrogen and oxygen atoms in total. The molecule has 0 aromatic carbocycles. The molecule has 0 heterocycles. The molecule has 0 radical (unpaired) electrons. The summed E-state index contributed by atoms with van der Waals surface area (Å²) in [6.45, 7) is 0. The molecule has 0 aromatic heterocycles. The summed E-state index contributed by atoms with van der Waals surface area (Å²) in [5.74, 6) is 0. The van der Waals surface area contributed by atoms with Crippen molar-refractivity contribution in [1.29, 1.82) is 0 Å². The predicted molar refractivity (Wildman–Crippen MR) is 10.5 cm³/mol. The number of hydrogen-bond acceptors (Lipinski definition) is 4. The van der Waals surface area contributed by atoms with Crippen molar-refractivity contribution in [2.24, 2.45) is 0 Å². The van der Waals surface area contributed by atoms with Crippen LogP contribution in [0, 0.1) is 0 Å². The standard InChI is InChI=1S/HI.K.H2O4S.Zn/c;;1-5(2,3)4;/h1H;;(H2,1,2,3,4);/q;+1;;+2/p-3. The first-order chi connectivity index (χ1) is 2.00. The van der Waals surface area contributed by atoms with E-state index in [1.165, 1.54) is 0 Å². The van der Waals surface area contributed by atoms with E-state index in [2.05, 4.69) is 0 Å². The molecule has 0 unspecified atom stereocenters. The number of halogens is 1. The van der Waals surface area contributed by atoms with Crippen LogP contribution < -0.4 is 75.4 Å². The van der Waals surface area contributed by atoms with E-state index in [-0.39, 0.29) is 94.8 Å². The first-order valence-corrected chi connectivity index (χ1v) is 2.00. The maximum atomic E-state index is 8.52. The molecule has 0 aliphatic heterocycles. The molecule has 40 valence electrons. The van der Waals surface area contributed by atoms with E-state index in [1.54, 1.807) is 0 Å². The molecule has 0 atom stereocenters. The molecule has 0 bridgehead atoms. The van der Waals surface area contributed by atoms with Gasteiger partial charge in [-0.1, -0.05) is 0 Å². The SMILES string of the molecule is O=S(=O)([O-])[O-].[I-].[K+].[Zn+2]. The van der Waals surface area contributed by atoms with Crippen LogP contribution in [0.25, 0.3) is 0 Å². The Hall–Kier alpha value is 2.86. The van der Waals surface area contributed by atoms with Gasteiger partial charge in [0.2, 0.25) is 0 Å². The van der Waals surface area contributed by atoms with Gasteiger partial charge < -0.3 is 33.1 Å². The number of rotatable bonds is 0. The molecule has 0 aliphatic rings. The summed E-state index contributed by atoms with van der Waals surface area (Å²) >= 11 is 0. The van der Waals surface area contributed by atoms with Crippen LogP contribution in [0.3, 0.4) is 0 Å². The van der Waals surface area contributed by atoms with Gasteiger partial charge in [0, 0.05) is 10.4 Å². The Balaban J connectivity index is -0.0000000267. The maximum Gasteiger partial charge on any atom is 2.00 e. The Kier molecular flexibility index (Phi) is 27.7. The van der Waals surface area contributed by atoms with E-state index < -0.39 is 10.4 Å². The van der Waals surface area contributed by atoms with Crippen LogP contribution in [0.4, 0.5) is 0 Å². The molecule has 0 saturated carbocycles. The topological polar surface area (TPSA) is 80.3 Å². The summed E-state index contributed by atoms with van der Waals surface area (Å²) in [6.07, 6.45) is 0. The summed E-state index contributed by atoms with van der Waals surface area (Å²) in [5.41, 5.74) is 0. The van der Waals surface area contributed by atoms with Gasteiger partial charge in [-0.2, -0.15) is 0 Å². The predicted octanol–water partition coefficient (Wildman–Crippen LogP) is -7.33. The van der Waals surface area contributed by atoms with Crippen molar-refractivity contribution in [3.05, 3.63) is 0 Å². The van der Waals surface area contributed by atoms with Crippen LogP contribution in [0.5, 0.6) is 0 Å². The van der Waals surface area contributed by atoms with E-state index in [1.807, 2.05) is 0 Å². The van der Waals surface area contributed by atoms with Gasteiger partial charge >= 0.3 is 70.9 Å². The van der Waals surface area contributed by atoms with Crippen LogP contribution in [0.15, 0.2) is 0 Å². The second-order valence-corrected chi connectivity index (χ2v) is 1.22. The van der Waals surface area contributed by atoms with E-state index in [4.69, 9.17) is 17.5 Å². The first-order valence-electron chi connectivity index (χ1n) is 0.667. The fraction of sp³-hybridized carbons (Fsp3) is 0. The zero-order valence-corrected chi connectivity index (χ0v) is 13.2. The van der Waals surface area contributed by atoms with Gasteiger partial charge in [0.05, 0.1) is 0 Å². The van der Waals surface area contributed by atoms with Crippen molar-refractivity contribution in [2.75, 3.05) is 0 Å². The smallest absolute Gasteiger partial charge is 1.00 e. The second kappa shape index (κ2) is 9.86. The number of hydrogen-bond donors (Lipinski definition) is 0. The summed E-state index contributed by atoms with van der Waals surface area (Å²) in [5, 5.41) is 0. The molecule has 0 spiro atoms. The van der Waals surface area contributed by atoms with Gasteiger partial charge in [0.1, 0.15) is 0 Å². The quantitative estimate of drug-likeness (QED) is 0.192. The Morgan fingerprint density at radius 3 is 1.12 bits per heavy atom. The third-order valence-electron chi connectivity index (χ3n) is 0. The van der Waals surface area contributed by atoms with Gasteiger partial charge in [0.15, 0.2) is 0 Å². The van der Waals surface area contributed by atoms with Gasteiger partial charge in [-0.15, -0.1) is 0 Å². The molecular formula is IKO4SZn. The van der Waals surface area contributed by atoms with Gasteiger partial charge in [-0.3, -0.25) is 8.42 Å². The van der Waals surface area contributed by atoms with Crippen LogP contribution in [0.1, 0.15) is 0 Å².